The summed E-state index contributed by atoms with van der Waals surface area (Å²) in [6.07, 6.45) is 0.727. The minimum absolute atomic E-state index is 0.389. The number of methoxy groups -OCH3 is 1. The molecule has 0 saturated carbocycles. The van der Waals surface area contributed by atoms with Gasteiger partial charge in [-0.25, -0.2) is 4.98 Å². The van der Waals surface area contributed by atoms with Crippen LogP contribution in [0.5, 0.6) is 5.88 Å². The highest BCUT2D eigenvalue weighted by atomic mass is 16.5. The molecule has 0 amide bonds. The number of carbonyl (C=O) groups excluding carboxylic acids is 1. The van der Waals surface area contributed by atoms with Crippen molar-refractivity contribution in [2.75, 3.05) is 7.11 Å². The molecular formula is C8H9NO2. The maximum Gasteiger partial charge on any atom is 0.224 e. The van der Waals surface area contributed by atoms with E-state index in [1.807, 2.05) is 6.92 Å². The molecule has 0 aliphatic heterocycles. The summed E-state index contributed by atoms with van der Waals surface area (Å²) in [5.41, 5.74) is 1.32. The summed E-state index contributed by atoms with van der Waals surface area (Å²) in [5.74, 6) is 0.389. The van der Waals surface area contributed by atoms with Crippen LogP contribution in [0.4, 0.5) is 0 Å². The van der Waals surface area contributed by atoms with Gasteiger partial charge in [0.15, 0.2) is 6.29 Å². The van der Waals surface area contributed by atoms with Gasteiger partial charge in [-0.3, -0.25) is 4.79 Å². The SMILES string of the molecule is COc1nc(C)ccc1C=O. The van der Waals surface area contributed by atoms with Gasteiger partial charge < -0.3 is 4.74 Å². The largest absolute Gasteiger partial charge is 0.480 e. The van der Waals surface area contributed by atoms with Crippen LogP contribution >= 0.6 is 0 Å². The number of aromatic nitrogens is 1. The predicted octanol–water partition coefficient (Wildman–Crippen LogP) is 1.21. The van der Waals surface area contributed by atoms with Crippen LogP contribution in [-0.2, 0) is 0 Å². The molecule has 0 radical (unpaired) electrons. The number of pyridine rings is 1. The smallest absolute Gasteiger partial charge is 0.224 e. The third-order valence-corrected chi connectivity index (χ3v) is 1.35. The first-order valence-corrected chi connectivity index (χ1v) is 3.24. The van der Waals surface area contributed by atoms with Crippen LogP contribution in [0.3, 0.4) is 0 Å². The Hall–Kier alpha value is -1.38. The van der Waals surface area contributed by atoms with Crippen molar-refractivity contribution in [3.05, 3.63) is 23.4 Å². The van der Waals surface area contributed by atoms with Crippen molar-refractivity contribution >= 4 is 6.29 Å². The van der Waals surface area contributed by atoms with E-state index in [1.54, 1.807) is 12.1 Å². The second kappa shape index (κ2) is 3.14. The van der Waals surface area contributed by atoms with Gasteiger partial charge in [-0.1, -0.05) is 0 Å². The monoisotopic (exact) mass is 151 g/mol. The lowest BCUT2D eigenvalue weighted by Crippen LogP contribution is -1.94. The van der Waals surface area contributed by atoms with Crippen molar-refractivity contribution < 1.29 is 9.53 Å². The van der Waals surface area contributed by atoms with E-state index in [-0.39, 0.29) is 0 Å². The zero-order valence-corrected chi connectivity index (χ0v) is 6.50. The van der Waals surface area contributed by atoms with E-state index in [4.69, 9.17) is 4.74 Å². The Morgan fingerprint density at radius 3 is 2.82 bits per heavy atom. The molecule has 11 heavy (non-hydrogen) atoms. The van der Waals surface area contributed by atoms with Crippen LogP contribution < -0.4 is 4.74 Å². The van der Waals surface area contributed by atoms with E-state index in [2.05, 4.69) is 4.98 Å². The minimum atomic E-state index is 0.389. The molecule has 0 N–H and O–H groups in total. The normalized spacial score (nSPS) is 9.27. The lowest BCUT2D eigenvalue weighted by atomic mass is 10.2. The summed E-state index contributed by atoms with van der Waals surface area (Å²) in [7, 11) is 1.49. The Kier molecular flexibility index (Phi) is 2.21. The van der Waals surface area contributed by atoms with Crippen molar-refractivity contribution in [2.45, 2.75) is 6.92 Å². The maximum atomic E-state index is 10.4. The molecular weight excluding hydrogens is 142 g/mol. The van der Waals surface area contributed by atoms with Crippen molar-refractivity contribution in [2.24, 2.45) is 0 Å². The molecule has 0 aromatic carbocycles. The van der Waals surface area contributed by atoms with Gasteiger partial charge in [-0.2, -0.15) is 0 Å². The fraction of sp³-hybridized carbons (Fsp3) is 0.250. The molecule has 0 aliphatic carbocycles. The summed E-state index contributed by atoms with van der Waals surface area (Å²) in [5, 5.41) is 0. The number of hydrogen-bond donors (Lipinski definition) is 0. The van der Waals surface area contributed by atoms with Crippen LogP contribution in [0, 0.1) is 6.92 Å². The molecule has 58 valence electrons. The van der Waals surface area contributed by atoms with Crippen LogP contribution in [0.15, 0.2) is 12.1 Å². The van der Waals surface area contributed by atoms with Crippen LogP contribution in [0.2, 0.25) is 0 Å². The molecule has 3 nitrogen and oxygen atoms in total. The van der Waals surface area contributed by atoms with Gasteiger partial charge >= 0.3 is 0 Å². The van der Waals surface area contributed by atoms with Crippen molar-refractivity contribution in [3.8, 4) is 5.88 Å². The molecule has 1 aromatic heterocycles. The van der Waals surface area contributed by atoms with E-state index < -0.39 is 0 Å². The fourth-order valence-electron chi connectivity index (χ4n) is 0.797. The van der Waals surface area contributed by atoms with E-state index in [1.165, 1.54) is 7.11 Å². The average Bonchev–Trinajstić information content (AvgIpc) is 2.04. The molecule has 0 bridgehead atoms. The third-order valence-electron chi connectivity index (χ3n) is 1.35. The quantitative estimate of drug-likeness (QED) is 0.596. The molecule has 0 atom stereocenters. The average molecular weight is 151 g/mol. The lowest BCUT2D eigenvalue weighted by Gasteiger charge is -2.01. The molecule has 0 saturated heterocycles. The Bertz CT molecular complexity index is 271. The van der Waals surface area contributed by atoms with Crippen LogP contribution in [-0.4, -0.2) is 18.4 Å². The van der Waals surface area contributed by atoms with Gasteiger partial charge in [0.2, 0.25) is 5.88 Å². The highest BCUT2D eigenvalue weighted by Gasteiger charge is 2.01. The summed E-state index contributed by atoms with van der Waals surface area (Å²) < 4.78 is 4.87. The summed E-state index contributed by atoms with van der Waals surface area (Å²) >= 11 is 0. The molecule has 1 aromatic rings. The number of nitrogens with zero attached hydrogens (tertiary/aromatic N) is 1. The van der Waals surface area contributed by atoms with Gasteiger partial charge in [0.1, 0.15) is 0 Å². The van der Waals surface area contributed by atoms with E-state index in [9.17, 15) is 4.79 Å². The van der Waals surface area contributed by atoms with Gasteiger partial charge in [0, 0.05) is 5.69 Å². The van der Waals surface area contributed by atoms with Crippen molar-refractivity contribution in [3.63, 3.8) is 0 Å². The Morgan fingerprint density at radius 2 is 2.27 bits per heavy atom. The zero-order valence-electron chi connectivity index (χ0n) is 6.50. The highest BCUT2D eigenvalue weighted by molar-refractivity contribution is 5.78. The Labute approximate surface area is 65.0 Å². The molecule has 1 heterocycles. The molecule has 0 unspecified atom stereocenters. The van der Waals surface area contributed by atoms with E-state index in [0.717, 1.165) is 12.0 Å². The Balaban J connectivity index is 3.16. The van der Waals surface area contributed by atoms with E-state index in [0.29, 0.717) is 11.4 Å². The van der Waals surface area contributed by atoms with Gasteiger partial charge in [0.05, 0.1) is 12.7 Å². The number of carbonyl (C=O) groups is 1. The van der Waals surface area contributed by atoms with E-state index >= 15 is 0 Å². The molecule has 0 aliphatic rings. The molecule has 1 rings (SSSR count). The molecule has 0 fully saturated rings. The molecule has 3 heteroatoms. The first-order valence-electron chi connectivity index (χ1n) is 3.24. The lowest BCUT2D eigenvalue weighted by molar-refractivity contribution is 0.112. The standard InChI is InChI=1S/C8H9NO2/c1-6-3-4-7(5-10)8(9-6)11-2/h3-5H,1-2H3. The summed E-state index contributed by atoms with van der Waals surface area (Å²) in [6.45, 7) is 1.84. The van der Waals surface area contributed by atoms with Crippen LogP contribution in [0.25, 0.3) is 0 Å². The van der Waals surface area contributed by atoms with Crippen LogP contribution in [0.1, 0.15) is 16.1 Å². The number of ether oxygens (including phenoxy) is 1. The second-order valence-corrected chi connectivity index (χ2v) is 2.17. The predicted molar refractivity (Wildman–Crippen MR) is 40.9 cm³/mol. The van der Waals surface area contributed by atoms with Gasteiger partial charge in [-0.05, 0) is 19.1 Å². The number of rotatable bonds is 2. The number of hydrogen-bond acceptors (Lipinski definition) is 3. The minimum Gasteiger partial charge on any atom is -0.480 e. The first kappa shape index (κ1) is 7.72. The highest BCUT2D eigenvalue weighted by Crippen LogP contribution is 2.12. The molecule has 0 spiro atoms. The second-order valence-electron chi connectivity index (χ2n) is 2.17. The summed E-state index contributed by atoms with van der Waals surface area (Å²) in [6, 6.07) is 3.46. The third kappa shape index (κ3) is 1.55. The first-order chi connectivity index (χ1) is 5.27. The topological polar surface area (TPSA) is 39.2 Å². The van der Waals surface area contributed by atoms with Gasteiger partial charge in [0.25, 0.3) is 0 Å². The Morgan fingerprint density at radius 1 is 1.55 bits per heavy atom. The number of aryl methyl sites for hydroxylation is 1. The fourth-order valence-corrected chi connectivity index (χ4v) is 0.797. The van der Waals surface area contributed by atoms with Crippen molar-refractivity contribution in [1.82, 2.24) is 4.98 Å². The van der Waals surface area contributed by atoms with Gasteiger partial charge in [-0.15, -0.1) is 0 Å². The van der Waals surface area contributed by atoms with Crippen molar-refractivity contribution in [1.29, 1.82) is 0 Å². The maximum absolute atomic E-state index is 10.4. The zero-order chi connectivity index (χ0) is 8.27. The number of aldehydes is 1. The summed E-state index contributed by atoms with van der Waals surface area (Å²) in [4.78, 5) is 14.4.